The van der Waals surface area contributed by atoms with Gasteiger partial charge in [-0.2, -0.15) is 0 Å². The van der Waals surface area contributed by atoms with Crippen LogP contribution in [0.15, 0.2) is 37.1 Å². The van der Waals surface area contributed by atoms with E-state index < -0.39 is 5.60 Å². The van der Waals surface area contributed by atoms with Crippen LogP contribution in [0.3, 0.4) is 0 Å². The first-order valence-electron chi connectivity index (χ1n) is 16.9. The third-order valence-electron chi connectivity index (χ3n) is 10.0. The number of amides is 1. The highest BCUT2D eigenvalue weighted by Gasteiger charge is 2.53. The Labute approximate surface area is 275 Å². The largest absolute Gasteiger partial charge is 0.444 e. The normalized spacial score (nSPS) is 22.9. The first-order chi connectivity index (χ1) is 22.5. The summed E-state index contributed by atoms with van der Waals surface area (Å²) in [7, 11) is 0. The van der Waals surface area contributed by atoms with E-state index in [4.69, 9.17) is 9.47 Å². The number of carbonyl (C=O) groups excluding carboxylic acids is 1. The molecule has 3 aromatic rings. The Morgan fingerprint density at radius 2 is 1.87 bits per heavy atom. The van der Waals surface area contributed by atoms with Gasteiger partial charge in [0, 0.05) is 66.9 Å². The average Bonchev–Trinajstić information content (AvgIpc) is 3.73. The second-order valence-electron chi connectivity index (χ2n) is 15.3. The lowest BCUT2D eigenvalue weighted by Crippen LogP contribution is -2.65. The molecule has 4 fully saturated rings. The lowest BCUT2D eigenvalue weighted by Gasteiger charge is -2.56. The van der Waals surface area contributed by atoms with Gasteiger partial charge in [0.25, 0.3) is 5.88 Å². The molecule has 2 aliphatic carbocycles. The van der Waals surface area contributed by atoms with Crippen LogP contribution in [0.5, 0.6) is 11.6 Å². The minimum atomic E-state index is -0.495. The molecule has 250 valence electrons. The highest BCUT2D eigenvalue weighted by Crippen LogP contribution is 2.48. The fraction of sp³-hybridized carbons (Fsp3) is 0.600. The number of anilines is 1. The number of likely N-dealkylation sites (tertiary alicyclic amines) is 1. The van der Waals surface area contributed by atoms with Crippen molar-refractivity contribution in [3.8, 4) is 22.8 Å². The number of nitrogens with zero attached hydrogens (tertiary/aromatic N) is 7. The fourth-order valence-corrected chi connectivity index (χ4v) is 7.87. The summed E-state index contributed by atoms with van der Waals surface area (Å²) in [6, 6.07) is 5.14. The van der Waals surface area contributed by atoms with E-state index in [2.05, 4.69) is 54.1 Å². The highest BCUT2D eigenvalue weighted by atomic mass is 19.1. The fourth-order valence-electron chi connectivity index (χ4n) is 7.87. The van der Waals surface area contributed by atoms with Crippen LogP contribution in [0.25, 0.3) is 11.1 Å². The molecular formula is C35H45FN8O3. The number of halogens is 1. The first-order valence-corrected chi connectivity index (χ1v) is 16.9. The van der Waals surface area contributed by atoms with Crippen molar-refractivity contribution in [1.82, 2.24) is 35.4 Å². The van der Waals surface area contributed by atoms with Crippen molar-refractivity contribution >= 4 is 11.9 Å². The second kappa shape index (κ2) is 12.3. The standard InChI is InChI=1S/C35H45FN8O3/c1-21(2)30(23-12-25(13-23)41-33(45)47-34(3,4)5)44-17-35(18-44)10-11-43(16-35)31-32(42-40-20-39-31)46-28-9-8-24(36)14-26(28)27-15-37-19-38-29(27)22-6-7-22/h8-9,14-15,19-23,25,30H,6-7,10-13,16-18H2,1-5H3,(H,41,45). The summed E-state index contributed by atoms with van der Waals surface area (Å²) in [6.07, 6.45) is 9.54. The quantitative estimate of drug-likeness (QED) is 0.298. The molecule has 11 nitrogen and oxygen atoms in total. The zero-order valence-corrected chi connectivity index (χ0v) is 27.9. The molecule has 4 aliphatic rings. The lowest BCUT2D eigenvalue weighted by molar-refractivity contribution is -0.0691. The Kier molecular flexibility index (Phi) is 8.26. The van der Waals surface area contributed by atoms with E-state index in [1.807, 2.05) is 20.8 Å². The van der Waals surface area contributed by atoms with Crippen molar-refractivity contribution in [2.24, 2.45) is 17.3 Å². The summed E-state index contributed by atoms with van der Waals surface area (Å²) in [4.78, 5) is 30.5. The molecule has 2 aliphatic heterocycles. The van der Waals surface area contributed by atoms with Gasteiger partial charge in [-0.25, -0.2) is 24.1 Å². The molecule has 12 heteroatoms. The predicted octanol–water partition coefficient (Wildman–Crippen LogP) is 5.98. The Morgan fingerprint density at radius 3 is 2.60 bits per heavy atom. The average molecular weight is 645 g/mol. The molecule has 47 heavy (non-hydrogen) atoms. The lowest BCUT2D eigenvalue weighted by atomic mass is 9.68. The molecule has 0 radical (unpaired) electrons. The van der Waals surface area contributed by atoms with Crippen LogP contribution in [0, 0.1) is 23.1 Å². The number of hydrogen-bond acceptors (Lipinski definition) is 10. The van der Waals surface area contributed by atoms with Gasteiger partial charge in [0.15, 0.2) is 5.82 Å². The molecule has 0 bridgehead atoms. The van der Waals surface area contributed by atoms with Gasteiger partial charge in [0.05, 0.1) is 5.69 Å². The monoisotopic (exact) mass is 644 g/mol. The van der Waals surface area contributed by atoms with Crippen molar-refractivity contribution in [3.63, 3.8) is 0 Å². The van der Waals surface area contributed by atoms with E-state index in [0.29, 0.717) is 46.8 Å². The Morgan fingerprint density at radius 1 is 1.09 bits per heavy atom. The van der Waals surface area contributed by atoms with Gasteiger partial charge in [-0.3, -0.25) is 4.90 Å². The van der Waals surface area contributed by atoms with Crippen molar-refractivity contribution in [1.29, 1.82) is 0 Å². The second-order valence-corrected chi connectivity index (χ2v) is 15.3. The predicted molar refractivity (Wildman–Crippen MR) is 175 cm³/mol. The van der Waals surface area contributed by atoms with Gasteiger partial charge < -0.3 is 19.7 Å². The van der Waals surface area contributed by atoms with E-state index in [-0.39, 0.29) is 23.4 Å². The summed E-state index contributed by atoms with van der Waals surface area (Å²) in [5.41, 5.74) is 1.96. The van der Waals surface area contributed by atoms with Crippen LogP contribution in [0.2, 0.25) is 0 Å². The maximum atomic E-state index is 14.5. The van der Waals surface area contributed by atoms with Crippen LogP contribution in [0.1, 0.15) is 78.3 Å². The first kappa shape index (κ1) is 31.7. The van der Waals surface area contributed by atoms with E-state index in [9.17, 15) is 9.18 Å². The number of carbonyl (C=O) groups is 1. The van der Waals surface area contributed by atoms with Crippen LogP contribution < -0.4 is 15.0 Å². The van der Waals surface area contributed by atoms with Gasteiger partial charge in [-0.1, -0.05) is 13.8 Å². The smallest absolute Gasteiger partial charge is 0.407 e. The molecule has 2 saturated carbocycles. The molecule has 1 aromatic carbocycles. The number of nitrogens with one attached hydrogen (secondary N) is 1. The van der Waals surface area contributed by atoms with Crippen LogP contribution >= 0.6 is 0 Å². The third kappa shape index (κ3) is 6.75. The summed E-state index contributed by atoms with van der Waals surface area (Å²) in [5, 5.41) is 11.4. The topological polar surface area (TPSA) is 118 Å². The Balaban J connectivity index is 1.01. The number of alkyl carbamates (subject to hydrolysis) is 1. The maximum Gasteiger partial charge on any atom is 0.407 e. The van der Waals surface area contributed by atoms with E-state index in [1.165, 1.54) is 18.5 Å². The van der Waals surface area contributed by atoms with Gasteiger partial charge in [0.2, 0.25) is 0 Å². The number of rotatable bonds is 9. The minimum Gasteiger partial charge on any atom is -0.444 e. The molecule has 1 amide bonds. The summed E-state index contributed by atoms with van der Waals surface area (Å²) >= 11 is 0. The molecule has 2 saturated heterocycles. The van der Waals surface area contributed by atoms with Crippen LogP contribution in [-0.2, 0) is 4.74 Å². The Hall–Kier alpha value is -3.93. The van der Waals surface area contributed by atoms with Crippen LogP contribution in [-0.4, -0.2) is 80.0 Å². The van der Waals surface area contributed by atoms with E-state index in [1.54, 1.807) is 18.6 Å². The zero-order valence-electron chi connectivity index (χ0n) is 27.9. The van der Waals surface area contributed by atoms with Crippen LogP contribution in [0.4, 0.5) is 15.0 Å². The minimum absolute atomic E-state index is 0.174. The van der Waals surface area contributed by atoms with E-state index >= 15 is 0 Å². The molecule has 1 atom stereocenters. The van der Waals surface area contributed by atoms with Crippen molar-refractivity contribution in [2.75, 3.05) is 31.1 Å². The van der Waals surface area contributed by atoms with Crippen molar-refractivity contribution < 1.29 is 18.7 Å². The summed E-state index contributed by atoms with van der Waals surface area (Å²) in [6.45, 7) is 14.0. The number of ether oxygens (including phenoxy) is 2. The van der Waals surface area contributed by atoms with Crippen molar-refractivity contribution in [2.45, 2.75) is 90.3 Å². The summed E-state index contributed by atoms with van der Waals surface area (Å²) in [5.74, 6) is 2.48. The number of benzene rings is 1. The molecule has 7 rings (SSSR count). The van der Waals surface area contributed by atoms with Gasteiger partial charge in [-0.15, -0.1) is 10.2 Å². The molecule has 4 heterocycles. The third-order valence-corrected chi connectivity index (χ3v) is 10.0. The van der Waals surface area contributed by atoms with Gasteiger partial charge >= 0.3 is 6.09 Å². The molecule has 1 unspecified atom stereocenters. The SMILES string of the molecule is CC(C)C(C1CC(NC(=O)OC(C)(C)C)C1)N1CC2(CCN(c3ncnnc3Oc3ccc(F)cc3-c3cncnc3C3CC3)C2)C1. The highest BCUT2D eigenvalue weighted by molar-refractivity contribution is 5.73. The van der Waals surface area contributed by atoms with Gasteiger partial charge in [0.1, 0.15) is 29.8 Å². The van der Waals surface area contributed by atoms with Gasteiger partial charge in [-0.05, 0) is 82.9 Å². The molecular weight excluding hydrogens is 599 g/mol. The zero-order chi connectivity index (χ0) is 32.9. The van der Waals surface area contributed by atoms with E-state index in [0.717, 1.165) is 69.5 Å². The number of hydrogen-bond donors (Lipinski definition) is 1. The van der Waals surface area contributed by atoms with Crippen molar-refractivity contribution in [3.05, 3.63) is 48.6 Å². The molecule has 1 spiro atoms. The number of aromatic nitrogens is 5. The molecule has 2 aromatic heterocycles. The summed E-state index contributed by atoms with van der Waals surface area (Å²) < 4.78 is 26.4. The maximum absolute atomic E-state index is 14.5. The Bertz CT molecular complexity index is 1610. The molecule has 1 N–H and O–H groups in total.